The van der Waals surface area contributed by atoms with Gasteiger partial charge in [-0.1, -0.05) is 0 Å². The first-order valence-electron chi connectivity index (χ1n) is 7.03. The molecule has 2 saturated carbocycles. The molecule has 0 radical (unpaired) electrons. The van der Waals surface area contributed by atoms with Gasteiger partial charge in [0.2, 0.25) is 0 Å². The van der Waals surface area contributed by atoms with Gasteiger partial charge in [0.25, 0.3) is 0 Å². The van der Waals surface area contributed by atoms with Gasteiger partial charge in [-0.15, -0.1) is 0 Å². The molecule has 4 nitrogen and oxygen atoms in total. The molecule has 0 aliphatic heterocycles. The van der Waals surface area contributed by atoms with Gasteiger partial charge in [0.1, 0.15) is 10.6 Å². The molecule has 0 spiro atoms. The summed E-state index contributed by atoms with van der Waals surface area (Å²) in [6, 6.07) is 0. The summed E-state index contributed by atoms with van der Waals surface area (Å²) in [5.74, 6) is 0.660. The molecule has 1 aromatic rings. The van der Waals surface area contributed by atoms with Crippen molar-refractivity contribution in [2.24, 2.45) is 11.3 Å². The lowest BCUT2D eigenvalue weighted by atomic mass is 10.0. The molecule has 1 heterocycles. The molecule has 3 rings (SSSR count). The van der Waals surface area contributed by atoms with Gasteiger partial charge in [0, 0.05) is 6.54 Å². The molecular weight excluding hydrogens is 260 g/mol. The second-order valence-corrected chi connectivity index (χ2v) is 6.46. The van der Waals surface area contributed by atoms with Crippen molar-refractivity contribution in [2.75, 3.05) is 18.5 Å². The van der Waals surface area contributed by atoms with Crippen molar-refractivity contribution in [1.82, 2.24) is 4.37 Å². The summed E-state index contributed by atoms with van der Waals surface area (Å²) < 4.78 is 9.38. The molecule has 0 amide bonds. The van der Waals surface area contributed by atoms with Crippen LogP contribution in [-0.4, -0.2) is 23.5 Å². The highest BCUT2D eigenvalue weighted by Gasteiger charge is 2.53. The minimum absolute atomic E-state index is 0.257. The lowest BCUT2D eigenvalue weighted by Gasteiger charge is -2.15. The molecule has 19 heavy (non-hydrogen) atoms. The first-order valence-corrected chi connectivity index (χ1v) is 7.81. The summed E-state index contributed by atoms with van der Waals surface area (Å²) in [5, 5.41) is 4.33. The summed E-state index contributed by atoms with van der Waals surface area (Å²) in [7, 11) is 0. The SMILES string of the molecule is CCOC(=O)c1c(C)nsc1NCC1(C2CC2)CC1. The van der Waals surface area contributed by atoms with Gasteiger partial charge < -0.3 is 10.1 Å². The predicted molar refractivity (Wildman–Crippen MR) is 75.7 cm³/mol. The Labute approximate surface area is 117 Å². The average Bonchev–Trinajstić information content (AvgIpc) is 3.25. The van der Waals surface area contributed by atoms with Crippen LogP contribution in [0.5, 0.6) is 0 Å². The van der Waals surface area contributed by atoms with E-state index in [4.69, 9.17) is 4.74 Å². The second-order valence-electron chi connectivity index (χ2n) is 5.68. The van der Waals surface area contributed by atoms with Crippen molar-refractivity contribution in [3.63, 3.8) is 0 Å². The van der Waals surface area contributed by atoms with Crippen LogP contribution in [0.3, 0.4) is 0 Å². The Bertz CT molecular complexity index is 490. The predicted octanol–water partition coefficient (Wildman–Crippen LogP) is 3.23. The fourth-order valence-electron chi connectivity index (χ4n) is 2.78. The highest BCUT2D eigenvalue weighted by atomic mass is 32.1. The van der Waals surface area contributed by atoms with E-state index in [0.29, 0.717) is 17.6 Å². The van der Waals surface area contributed by atoms with Gasteiger partial charge in [-0.05, 0) is 62.4 Å². The van der Waals surface area contributed by atoms with Crippen LogP contribution >= 0.6 is 11.5 Å². The first kappa shape index (κ1) is 12.9. The minimum atomic E-state index is -0.257. The standard InChI is InChI=1S/C14H20N2O2S/c1-3-18-13(17)11-9(2)16-19-12(11)15-8-14(6-7-14)10-4-5-10/h10,15H,3-8H2,1-2H3. The molecule has 2 aliphatic rings. The number of ether oxygens (including phenoxy) is 1. The largest absolute Gasteiger partial charge is 0.462 e. The molecule has 0 saturated heterocycles. The monoisotopic (exact) mass is 280 g/mol. The smallest absolute Gasteiger partial charge is 0.343 e. The zero-order valence-corrected chi connectivity index (χ0v) is 12.3. The fraction of sp³-hybridized carbons (Fsp3) is 0.714. The Kier molecular flexibility index (Phi) is 3.25. The Balaban J connectivity index is 1.69. The van der Waals surface area contributed by atoms with E-state index < -0.39 is 0 Å². The summed E-state index contributed by atoms with van der Waals surface area (Å²) in [4.78, 5) is 11.9. The van der Waals surface area contributed by atoms with Gasteiger partial charge in [-0.25, -0.2) is 4.79 Å². The minimum Gasteiger partial charge on any atom is -0.462 e. The number of carbonyl (C=O) groups is 1. The maximum Gasteiger partial charge on any atom is 0.343 e. The number of carbonyl (C=O) groups excluding carboxylic acids is 1. The molecule has 2 fully saturated rings. The van der Waals surface area contributed by atoms with Crippen LogP contribution in [0.2, 0.25) is 0 Å². The number of rotatable bonds is 6. The van der Waals surface area contributed by atoms with Crippen molar-refractivity contribution in [3.8, 4) is 0 Å². The van der Waals surface area contributed by atoms with E-state index in [9.17, 15) is 4.79 Å². The van der Waals surface area contributed by atoms with Gasteiger partial charge in [0.15, 0.2) is 0 Å². The third kappa shape index (κ3) is 2.48. The van der Waals surface area contributed by atoms with E-state index in [1.165, 1.54) is 37.2 Å². The molecule has 1 N–H and O–H groups in total. The molecule has 0 aromatic carbocycles. The normalized spacial score (nSPS) is 20.1. The number of anilines is 1. The first-order chi connectivity index (χ1) is 9.16. The molecule has 5 heteroatoms. The lowest BCUT2D eigenvalue weighted by molar-refractivity contribution is 0.0527. The van der Waals surface area contributed by atoms with Crippen molar-refractivity contribution < 1.29 is 9.53 Å². The van der Waals surface area contributed by atoms with Gasteiger partial charge in [0.05, 0.1) is 12.3 Å². The fourth-order valence-corrected chi connectivity index (χ4v) is 3.55. The number of hydrogen-bond acceptors (Lipinski definition) is 5. The highest BCUT2D eigenvalue weighted by Crippen LogP contribution is 2.61. The van der Waals surface area contributed by atoms with Crippen LogP contribution in [0.15, 0.2) is 0 Å². The van der Waals surface area contributed by atoms with E-state index in [1.807, 2.05) is 13.8 Å². The number of aromatic nitrogens is 1. The van der Waals surface area contributed by atoms with Crippen molar-refractivity contribution in [1.29, 1.82) is 0 Å². The van der Waals surface area contributed by atoms with Crippen LogP contribution in [0, 0.1) is 18.3 Å². The molecule has 104 valence electrons. The average molecular weight is 280 g/mol. The van der Waals surface area contributed by atoms with E-state index >= 15 is 0 Å². The molecule has 1 aromatic heterocycles. The van der Waals surface area contributed by atoms with Crippen molar-refractivity contribution >= 4 is 22.5 Å². The summed E-state index contributed by atoms with van der Waals surface area (Å²) in [5.41, 5.74) is 1.91. The van der Waals surface area contributed by atoms with E-state index in [0.717, 1.165) is 23.2 Å². The molecule has 0 unspecified atom stereocenters. The van der Waals surface area contributed by atoms with Crippen LogP contribution < -0.4 is 5.32 Å². The molecule has 2 aliphatic carbocycles. The summed E-state index contributed by atoms with van der Waals surface area (Å²) in [6.45, 7) is 5.07. The van der Waals surface area contributed by atoms with Crippen molar-refractivity contribution in [3.05, 3.63) is 11.3 Å². The third-order valence-electron chi connectivity index (χ3n) is 4.28. The van der Waals surface area contributed by atoms with Gasteiger partial charge in [-0.3, -0.25) is 0 Å². The van der Waals surface area contributed by atoms with Crippen LogP contribution in [-0.2, 0) is 4.74 Å². The lowest BCUT2D eigenvalue weighted by Crippen LogP contribution is -2.18. The Morgan fingerprint density at radius 1 is 1.53 bits per heavy atom. The summed E-state index contributed by atoms with van der Waals surface area (Å²) >= 11 is 1.37. The number of hydrogen-bond donors (Lipinski definition) is 1. The summed E-state index contributed by atoms with van der Waals surface area (Å²) in [6.07, 6.45) is 5.43. The van der Waals surface area contributed by atoms with Crippen LogP contribution in [0.4, 0.5) is 5.00 Å². The number of aryl methyl sites for hydroxylation is 1. The Morgan fingerprint density at radius 2 is 2.26 bits per heavy atom. The number of esters is 1. The zero-order valence-electron chi connectivity index (χ0n) is 11.5. The van der Waals surface area contributed by atoms with Crippen LogP contribution in [0.1, 0.15) is 48.7 Å². The Hall–Kier alpha value is -1.10. The maximum absolute atomic E-state index is 11.9. The quantitative estimate of drug-likeness (QED) is 0.813. The Morgan fingerprint density at radius 3 is 2.84 bits per heavy atom. The van der Waals surface area contributed by atoms with Gasteiger partial charge in [-0.2, -0.15) is 4.37 Å². The highest BCUT2D eigenvalue weighted by molar-refractivity contribution is 7.10. The topological polar surface area (TPSA) is 51.2 Å². The molecule has 0 bridgehead atoms. The number of nitrogens with zero attached hydrogens (tertiary/aromatic N) is 1. The number of nitrogens with one attached hydrogen (secondary N) is 1. The molecular formula is C14H20N2O2S. The molecule has 0 atom stereocenters. The van der Waals surface area contributed by atoms with Crippen LogP contribution in [0.25, 0.3) is 0 Å². The third-order valence-corrected chi connectivity index (χ3v) is 5.18. The van der Waals surface area contributed by atoms with E-state index in [2.05, 4.69) is 9.69 Å². The van der Waals surface area contributed by atoms with E-state index in [-0.39, 0.29) is 5.97 Å². The maximum atomic E-state index is 11.9. The van der Waals surface area contributed by atoms with Gasteiger partial charge >= 0.3 is 5.97 Å². The zero-order chi connectivity index (χ0) is 13.5. The van der Waals surface area contributed by atoms with Crippen molar-refractivity contribution in [2.45, 2.75) is 39.5 Å². The second kappa shape index (κ2) is 4.78. The van der Waals surface area contributed by atoms with E-state index in [1.54, 1.807) is 0 Å².